The van der Waals surface area contributed by atoms with Crippen molar-refractivity contribution in [3.63, 3.8) is 0 Å². The summed E-state index contributed by atoms with van der Waals surface area (Å²) in [5, 5.41) is 15.4. The van der Waals surface area contributed by atoms with Gasteiger partial charge in [-0.25, -0.2) is 9.97 Å². The van der Waals surface area contributed by atoms with Crippen molar-refractivity contribution in [2.75, 3.05) is 11.1 Å². The second-order valence-electron chi connectivity index (χ2n) is 8.52. The summed E-state index contributed by atoms with van der Waals surface area (Å²) in [7, 11) is 0. The van der Waals surface area contributed by atoms with Crippen molar-refractivity contribution in [1.29, 1.82) is 0 Å². The Labute approximate surface area is 202 Å². The van der Waals surface area contributed by atoms with Crippen LogP contribution in [0, 0.1) is 0 Å². The zero-order valence-electron chi connectivity index (χ0n) is 19.0. The van der Waals surface area contributed by atoms with Gasteiger partial charge in [0.1, 0.15) is 11.6 Å². The summed E-state index contributed by atoms with van der Waals surface area (Å²) in [6.45, 7) is 2.10. The number of fused-ring (bicyclic) bond motifs is 2. The van der Waals surface area contributed by atoms with Crippen LogP contribution < -0.4 is 11.1 Å². The van der Waals surface area contributed by atoms with Crippen molar-refractivity contribution < 1.29 is 0 Å². The number of anilines is 2. The summed E-state index contributed by atoms with van der Waals surface area (Å²) in [5.41, 5.74) is 10.6. The quantitative estimate of drug-likeness (QED) is 0.365. The molecule has 0 saturated carbocycles. The lowest BCUT2D eigenvalue weighted by atomic mass is 10.1. The average molecular weight is 461 g/mol. The van der Waals surface area contributed by atoms with Gasteiger partial charge >= 0.3 is 0 Å². The predicted molar refractivity (Wildman–Crippen MR) is 138 cm³/mol. The highest BCUT2D eigenvalue weighted by molar-refractivity contribution is 5.91. The first-order chi connectivity index (χ1) is 17.2. The normalized spacial score (nSPS) is 11.3. The highest BCUT2D eigenvalue weighted by Gasteiger charge is 2.09. The monoisotopic (exact) mass is 460 g/mol. The van der Waals surface area contributed by atoms with Gasteiger partial charge in [0.15, 0.2) is 0 Å². The number of nitrogen functional groups attached to an aromatic ring is 1. The lowest BCUT2D eigenvalue weighted by molar-refractivity contribution is 0.684. The summed E-state index contributed by atoms with van der Waals surface area (Å²) >= 11 is 0. The molecule has 0 aliphatic heterocycles. The summed E-state index contributed by atoms with van der Waals surface area (Å²) in [4.78, 5) is 8.72. The molecule has 0 spiro atoms. The fourth-order valence-electron chi connectivity index (χ4n) is 4.32. The molecule has 0 bridgehead atoms. The van der Waals surface area contributed by atoms with E-state index in [0.717, 1.165) is 39.6 Å². The molecule has 0 fully saturated rings. The molecule has 0 aliphatic rings. The van der Waals surface area contributed by atoms with Gasteiger partial charge in [-0.15, -0.1) is 0 Å². The van der Waals surface area contributed by atoms with E-state index in [0.29, 0.717) is 18.9 Å². The minimum absolute atomic E-state index is 0.549. The molecule has 3 N–H and O–H groups in total. The Morgan fingerprint density at radius 3 is 2.40 bits per heavy atom. The molecule has 8 heteroatoms. The summed E-state index contributed by atoms with van der Waals surface area (Å²) in [5.74, 6) is 1.37. The van der Waals surface area contributed by atoms with E-state index >= 15 is 0 Å². The third-order valence-corrected chi connectivity index (χ3v) is 6.15. The van der Waals surface area contributed by atoms with Crippen LogP contribution in [0.25, 0.3) is 21.7 Å². The standard InChI is InChI=1S/C27H24N8/c28-26-23-7-6-21(14-22(23)8-11-29-26)15-31-27-24-16-33-35(25(24)9-12-30-27)18-20-4-2-19(3-5-20)17-34-13-1-10-32-34/h1-14,16H,15,17-18H2,(H2,28,29)(H,30,31). The van der Waals surface area contributed by atoms with Crippen LogP contribution in [0.4, 0.5) is 11.6 Å². The SMILES string of the molecule is Nc1nccc2cc(CNc3nccc4c3cnn4Cc3ccc(Cn4cccn4)cc3)ccc12. The molecule has 8 nitrogen and oxygen atoms in total. The molecule has 0 atom stereocenters. The zero-order chi connectivity index (χ0) is 23.6. The molecule has 2 aromatic carbocycles. The maximum atomic E-state index is 5.98. The van der Waals surface area contributed by atoms with Crippen LogP contribution in [-0.2, 0) is 19.6 Å². The molecular weight excluding hydrogens is 436 g/mol. The second kappa shape index (κ2) is 8.90. The minimum atomic E-state index is 0.549. The molecule has 0 radical (unpaired) electrons. The lowest BCUT2D eigenvalue weighted by Crippen LogP contribution is -2.04. The number of hydrogen-bond donors (Lipinski definition) is 2. The number of benzene rings is 2. The Hall–Kier alpha value is -4.72. The third kappa shape index (κ3) is 4.29. The number of nitrogens with one attached hydrogen (secondary N) is 1. The number of rotatable bonds is 7. The van der Waals surface area contributed by atoms with Gasteiger partial charge in [0.05, 0.1) is 30.2 Å². The van der Waals surface area contributed by atoms with Crippen LogP contribution in [0.2, 0.25) is 0 Å². The highest BCUT2D eigenvalue weighted by atomic mass is 15.3. The van der Waals surface area contributed by atoms with Crippen molar-refractivity contribution in [3.8, 4) is 0 Å². The molecule has 35 heavy (non-hydrogen) atoms. The van der Waals surface area contributed by atoms with E-state index < -0.39 is 0 Å². The zero-order valence-corrected chi connectivity index (χ0v) is 19.0. The van der Waals surface area contributed by atoms with Crippen molar-refractivity contribution in [2.45, 2.75) is 19.6 Å². The fourth-order valence-corrected chi connectivity index (χ4v) is 4.32. The van der Waals surface area contributed by atoms with E-state index in [2.05, 4.69) is 61.9 Å². The van der Waals surface area contributed by atoms with Crippen LogP contribution in [0.15, 0.2) is 91.6 Å². The topological polar surface area (TPSA) is 99.5 Å². The third-order valence-electron chi connectivity index (χ3n) is 6.15. The molecule has 0 unspecified atom stereocenters. The van der Waals surface area contributed by atoms with Crippen molar-refractivity contribution >= 4 is 33.3 Å². The maximum Gasteiger partial charge on any atom is 0.137 e. The Balaban J connectivity index is 1.18. The Kier molecular flexibility index (Phi) is 5.31. The fraction of sp³-hybridized carbons (Fsp3) is 0.111. The molecule has 0 saturated heterocycles. The van der Waals surface area contributed by atoms with Crippen molar-refractivity contribution in [1.82, 2.24) is 29.5 Å². The number of pyridine rings is 2. The smallest absolute Gasteiger partial charge is 0.137 e. The first-order valence-corrected chi connectivity index (χ1v) is 11.5. The molecule has 0 aliphatic carbocycles. The predicted octanol–water partition coefficient (Wildman–Crippen LogP) is 4.47. The van der Waals surface area contributed by atoms with E-state index in [1.807, 2.05) is 52.2 Å². The summed E-state index contributed by atoms with van der Waals surface area (Å²) in [6, 6.07) is 20.7. The second-order valence-corrected chi connectivity index (χ2v) is 8.52. The summed E-state index contributed by atoms with van der Waals surface area (Å²) < 4.78 is 3.93. The van der Waals surface area contributed by atoms with E-state index in [-0.39, 0.29) is 0 Å². The number of aromatic nitrogens is 6. The molecule has 4 aromatic heterocycles. The van der Waals surface area contributed by atoms with Crippen LogP contribution in [0.3, 0.4) is 0 Å². The Morgan fingerprint density at radius 2 is 1.57 bits per heavy atom. The van der Waals surface area contributed by atoms with Gasteiger partial charge in [0, 0.05) is 36.7 Å². The first kappa shape index (κ1) is 20.9. The van der Waals surface area contributed by atoms with Crippen LogP contribution in [0.1, 0.15) is 16.7 Å². The highest BCUT2D eigenvalue weighted by Crippen LogP contribution is 2.24. The summed E-state index contributed by atoms with van der Waals surface area (Å²) in [6.07, 6.45) is 9.20. The lowest BCUT2D eigenvalue weighted by Gasteiger charge is -2.09. The Morgan fingerprint density at radius 1 is 0.771 bits per heavy atom. The number of nitrogens with zero attached hydrogens (tertiary/aromatic N) is 6. The largest absolute Gasteiger partial charge is 0.383 e. The van der Waals surface area contributed by atoms with Gasteiger partial charge in [-0.3, -0.25) is 9.36 Å². The van der Waals surface area contributed by atoms with Crippen molar-refractivity contribution in [3.05, 3.63) is 108 Å². The minimum Gasteiger partial charge on any atom is -0.383 e. The Bertz CT molecular complexity index is 1600. The number of hydrogen-bond acceptors (Lipinski definition) is 6. The van der Waals surface area contributed by atoms with Crippen LogP contribution in [-0.4, -0.2) is 29.5 Å². The van der Waals surface area contributed by atoms with Gasteiger partial charge in [0.25, 0.3) is 0 Å². The molecule has 0 amide bonds. The van der Waals surface area contributed by atoms with Gasteiger partial charge in [-0.1, -0.05) is 36.4 Å². The molecule has 4 heterocycles. The van der Waals surface area contributed by atoms with Gasteiger partial charge in [0.2, 0.25) is 0 Å². The first-order valence-electron chi connectivity index (χ1n) is 11.5. The molecule has 172 valence electrons. The maximum absolute atomic E-state index is 5.98. The van der Waals surface area contributed by atoms with E-state index in [1.165, 1.54) is 11.1 Å². The van der Waals surface area contributed by atoms with E-state index in [4.69, 9.17) is 5.73 Å². The van der Waals surface area contributed by atoms with Crippen LogP contribution in [0.5, 0.6) is 0 Å². The average Bonchev–Trinajstić information content (AvgIpc) is 3.54. The molecular formula is C27H24N8. The van der Waals surface area contributed by atoms with Gasteiger partial charge in [-0.05, 0) is 46.3 Å². The van der Waals surface area contributed by atoms with E-state index in [1.54, 1.807) is 12.4 Å². The van der Waals surface area contributed by atoms with Crippen molar-refractivity contribution in [2.24, 2.45) is 0 Å². The molecule has 6 aromatic rings. The van der Waals surface area contributed by atoms with E-state index in [9.17, 15) is 0 Å². The van der Waals surface area contributed by atoms with Gasteiger partial charge in [-0.2, -0.15) is 10.2 Å². The van der Waals surface area contributed by atoms with Crippen LogP contribution >= 0.6 is 0 Å². The molecule has 6 rings (SSSR count). The van der Waals surface area contributed by atoms with Gasteiger partial charge < -0.3 is 11.1 Å². The number of nitrogens with two attached hydrogens (primary N) is 1.